The van der Waals surface area contributed by atoms with Crippen LogP contribution in [0.5, 0.6) is 0 Å². The van der Waals surface area contributed by atoms with Crippen LogP contribution in [0.25, 0.3) is 0 Å². The number of nitrogens with zero attached hydrogens (tertiary/aromatic N) is 5. The first-order valence-electron chi connectivity index (χ1n) is 8.25. The van der Waals surface area contributed by atoms with E-state index in [0.29, 0.717) is 26.1 Å². The van der Waals surface area contributed by atoms with Crippen molar-refractivity contribution in [3.8, 4) is 0 Å². The second-order valence-corrected chi connectivity index (χ2v) is 7.15. The van der Waals surface area contributed by atoms with Crippen molar-refractivity contribution < 1.29 is 14.3 Å². The first-order chi connectivity index (χ1) is 11.4. The van der Waals surface area contributed by atoms with E-state index in [2.05, 4.69) is 10.2 Å². The van der Waals surface area contributed by atoms with Crippen molar-refractivity contribution >= 4 is 11.8 Å². The molecule has 2 amide bonds. The number of carbonyl (C=O) groups is 2. The molecule has 0 spiro atoms. The van der Waals surface area contributed by atoms with Crippen LogP contribution in [-0.2, 0) is 27.4 Å². The second kappa shape index (κ2) is 6.16. The summed E-state index contributed by atoms with van der Waals surface area (Å²) in [6.45, 7) is 3.19. The zero-order valence-corrected chi connectivity index (χ0v) is 14.8. The van der Waals surface area contributed by atoms with Crippen LogP contribution in [0.3, 0.4) is 0 Å². The van der Waals surface area contributed by atoms with Crippen LogP contribution in [0, 0.1) is 12.3 Å². The minimum atomic E-state index is -0.506. The molecular weight excluding hydrogens is 310 g/mol. The van der Waals surface area contributed by atoms with Gasteiger partial charge in [-0.25, -0.2) is 0 Å². The van der Waals surface area contributed by atoms with E-state index < -0.39 is 6.04 Å². The fraction of sp³-hybridized carbons (Fsp3) is 0.750. The maximum absolute atomic E-state index is 12.9. The highest BCUT2D eigenvalue weighted by Gasteiger charge is 2.47. The molecule has 8 nitrogen and oxygen atoms in total. The highest BCUT2D eigenvalue weighted by atomic mass is 16.5. The van der Waals surface area contributed by atoms with Gasteiger partial charge in [-0.2, -0.15) is 0 Å². The first-order valence-corrected chi connectivity index (χ1v) is 8.25. The third kappa shape index (κ3) is 3.02. The Kier molecular flexibility index (Phi) is 4.33. The number of ether oxygens (including phenoxy) is 1. The van der Waals surface area contributed by atoms with Crippen molar-refractivity contribution in [2.75, 3.05) is 27.8 Å². The fourth-order valence-corrected chi connectivity index (χ4v) is 3.36. The number of amides is 2. The number of rotatable bonds is 5. The van der Waals surface area contributed by atoms with Gasteiger partial charge in [-0.15, -0.1) is 10.2 Å². The standard InChI is InChI=1S/C16H25N5O3/c1-11-17-18-13-9-21(12(8-20(11)13)15(23)19(2)3)14(22)7-16(5-6-16)10-24-4/h12H,5-10H2,1-4H3. The zero-order valence-electron chi connectivity index (χ0n) is 14.8. The molecule has 1 fully saturated rings. The summed E-state index contributed by atoms with van der Waals surface area (Å²) in [7, 11) is 5.09. The molecule has 132 valence electrons. The number of aryl methyl sites for hydroxylation is 1. The van der Waals surface area contributed by atoms with Crippen molar-refractivity contribution in [2.45, 2.75) is 45.3 Å². The quantitative estimate of drug-likeness (QED) is 0.768. The number of hydrogen-bond donors (Lipinski definition) is 0. The lowest BCUT2D eigenvalue weighted by Crippen LogP contribution is -2.54. The Balaban J connectivity index is 1.83. The maximum Gasteiger partial charge on any atom is 0.246 e. The van der Waals surface area contributed by atoms with E-state index in [1.54, 1.807) is 26.1 Å². The van der Waals surface area contributed by atoms with Gasteiger partial charge in [0.15, 0.2) is 5.82 Å². The van der Waals surface area contributed by atoms with Gasteiger partial charge in [-0.05, 0) is 19.8 Å². The van der Waals surface area contributed by atoms with Crippen LogP contribution in [-0.4, -0.2) is 70.2 Å². The highest BCUT2D eigenvalue weighted by Crippen LogP contribution is 2.49. The molecule has 0 bridgehead atoms. The third-order valence-corrected chi connectivity index (χ3v) is 5.04. The van der Waals surface area contributed by atoms with Crippen LogP contribution < -0.4 is 0 Å². The molecule has 8 heteroatoms. The molecule has 1 atom stereocenters. The van der Waals surface area contributed by atoms with Gasteiger partial charge < -0.3 is 19.1 Å². The van der Waals surface area contributed by atoms with Crippen LogP contribution in [0.2, 0.25) is 0 Å². The third-order valence-electron chi connectivity index (χ3n) is 5.04. The molecule has 1 aliphatic carbocycles. The molecule has 1 unspecified atom stereocenters. The number of likely N-dealkylation sites (N-methyl/N-ethyl adjacent to an activating group) is 1. The van der Waals surface area contributed by atoms with Crippen molar-refractivity contribution in [2.24, 2.45) is 5.41 Å². The summed E-state index contributed by atoms with van der Waals surface area (Å²) >= 11 is 0. The van der Waals surface area contributed by atoms with Gasteiger partial charge in [0.1, 0.15) is 11.9 Å². The van der Waals surface area contributed by atoms with Gasteiger partial charge in [0.05, 0.1) is 19.7 Å². The molecule has 0 N–H and O–H groups in total. The van der Waals surface area contributed by atoms with Gasteiger partial charge in [-0.1, -0.05) is 0 Å². The van der Waals surface area contributed by atoms with Crippen molar-refractivity contribution in [3.63, 3.8) is 0 Å². The van der Waals surface area contributed by atoms with Crippen LogP contribution in [0.1, 0.15) is 30.9 Å². The molecule has 24 heavy (non-hydrogen) atoms. The summed E-state index contributed by atoms with van der Waals surface area (Å²) in [4.78, 5) is 28.7. The maximum atomic E-state index is 12.9. The summed E-state index contributed by atoms with van der Waals surface area (Å²) in [5, 5.41) is 8.22. The lowest BCUT2D eigenvalue weighted by Gasteiger charge is -2.37. The van der Waals surface area contributed by atoms with Crippen molar-refractivity contribution in [1.29, 1.82) is 0 Å². The number of carbonyl (C=O) groups excluding carboxylic acids is 2. The van der Waals surface area contributed by atoms with E-state index in [1.807, 2.05) is 11.5 Å². The molecule has 3 rings (SSSR count). The molecule has 0 aromatic carbocycles. The monoisotopic (exact) mass is 335 g/mol. The number of hydrogen-bond acceptors (Lipinski definition) is 5. The molecular formula is C16H25N5O3. The molecule has 2 heterocycles. The fourth-order valence-electron chi connectivity index (χ4n) is 3.36. The Hall–Kier alpha value is -1.96. The number of methoxy groups -OCH3 is 1. The molecule has 1 aromatic heterocycles. The lowest BCUT2D eigenvalue weighted by atomic mass is 10.0. The summed E-state index contributed by atoms with van der Waals surface area (Å²) in [5.41, 5.74) is -0.0431. The Bertz CT molecular complexity index is 650. The topological polar surface area (TPSA) is 80.6 Å². The van der Waals surface area contributed by atoms with Gasteiger partial charge in [0, 0.05) is 33.0 Å². The number of aromatic nitrogens is 3. The van der Waals surface area contributed by atoms with E-state index in [0.717, 1.165) is 24.5 Å². The van der Waals surface area contributed by atoms with E-state index >= 15 is 0 Å². The Labute approximate surface area is 141 Å². The van der Waals surface area contributed by atoms with E-state index in [1.165, 1.54) is 4.90 Å². The SMILES string of the molecule is COCC1(CC(=O)N2Cc3nnc(C)n3CC2C(=O)N(C)C)CC1. The van der Waals surface area contributed by atoms with Crippen LogP contribution in [0.4, 0.5) is 0 Å². The second-order valence-electron chi connectivity index (χ2n) is 7.15. The minimum Gasteiger partial charge on any atom is -0.384 e. The largest absolute Gasteiger partial charge is 0.384 e. The molecule has 0 saturated heterocycles. The average molecular weight is 335 g/mol. The summed E-state index contributed by atoms with van der Waals surface area (Å²) in [5.74, 6) is 1.43. The lowest BCUT2D eigenvalue weighted by molar-refractivity contribution is -0.148. The van der Waals surface area contributed by atoms with Crippen molar-refractivity contribution in [3.05, 3.63) is 11.6 Å². The summed E-state index contributed by atoms with van der Waals surface area (Å²) in [6, 6.07) is -0.506. The smallest absolute Gasteiger partial charge is 0.246 e. The Morgan fingerprint density at radius 2 is 2.04 bits per heavy atom. The van der Waals surface area contributed by atoms with Gasteiger partial charge >= 0.3 is 0 Å². The predicted molar refractivity (Wildman–Crippen MR) is 86.0 cm³/mol. The first kappa shape index (κ1) is 16.9. The predicted octanol–water partition coefficient (Wildman–Crippen LogP) is 0.202. The zero-order chi connectivity index (χ0) is 17.5. The molecule has 1 saturated carbocycles. The van der Waals surface area contributed by atoms with Crippen molar-refractivity contribution in [1.82, 2.24) is 24.6 Å². The normalized spacial score (nSPS) is 21.3. The van der Waals surface area contributed by atoms with E-state index in [9.17, 15) is 9.59 Å². The number of fused-ring (bicyclic) bond motifs is 1. The Morgan fingerprint density at radius 3 is 2.62 bits per heavy atom. The van der Waals surface area contributed by atoms with Crippen LogP contribution >= 0.6 is 0 Å². The van der Waals surface area contributed by atoms with Gasteiger partial charge in [-0.3, -0.25) is 9.59 Å². The van der Waals surface area contributed by atoms with E-state index in [4.69, 9.17) is 4.74 Å². The minimum absolute atomic E-state index is 0.00310. The summed E-state index contributed by atoms with van der Waals surface area (Å²) in [6.07, 6.45) is 2.43. The molecule has 0 radical (unpaired) electrons. The summed E-state index contributed by atoms with van der Waals surface area (Å²) < 4.78 is 7.19. The molecule has 1 aromatic rings. The molecule has 2 aliphatic rings. The average Bonchev–Trinajstić information content (AvgIpc) is 3.20. The Morgan fingerprint density at radius 1 is 1.33 bits per heavy atom. The molecule has 1 aliphatic heterocycles. The van der Waals surface area contributed by atoms with Gasteiger partial charge in [0.25, 0.3) is 0 Å². The highest BCUT2D eigenvalue weighted by molar-refractivity contribution is 5.88. The van der Waals surface area contributed by atoms with Crippen LogP contribution in [0.15, 0.2) is 0 Å². The van der Waals surface area contributed by atoms with Gasteiger partial charge in [0.2, 0.25) is 11.8 Å². The van der Waals surface area contributed by atoms with E-state index in [-0.39, 0.29) is 17.2 Å².